The molecule has 0 aliphatic heterocycles. The van der Waals surface area contributed by atoms with E-state index in [-0.39, 0.29) is 29.3 Å². The molecule has 1 fully saturated rings. The van der Waals surface area contributed by atoms with Gasteiger partial charge in [-0.1, -0.05) is 23.7 Å². The van der Waals surface area contributed by atoms with E-state index in [2.05, 4.69) is 20.9 Å². The van der Waals surface area contributed by atoms with Gasteiger partial charge in [0, 0.05) is 35.6 Å². The van der Waals surface area contributed by atoms with E-state index in [4.69, 9.17) is 11.6 Å². The van der Waals surface area contributed by atoms with Gasteiger partial charge in [-0.2, -0.15) is 13.2 Å². The molecule has 2 amide bonds. The lowest BCUT2D eigenvalue weighted by molar-refractivity contribution is -0.140. The van der Waals surface area contributed by atoms with E-state index in [0.29, 0.717) is 33.9 Å². The molecule has 0 saturated heterocycles. The minimum Gasteiger partial charge on any atom is -0.384 e. The van der Waals surface area contributed by atoms with Crippen LogP contribution in [0.2, 0.25) is 5.02 Å². The fourth-order valence-corrected chi connectivity index (χ4v) is 4.67. The molecular formula is C26H26ClF3N4O2. The third kappa shape index (κ3) is 6.26. The van der Waals surface area contributed by atoms with Crippen molar-refractivity contribution >= 4 is 45.7 Å². The Kier molecular flexibility index (Phi) is 7.68. The Morgan fingerprint density at radius 3 is 2.44 bits per heavy atom. The zero-order valence-corrected chi connectivity index (χ0v) is 20.3. The van der Waals surface area contributed by atoms with Crippen LogP contribution in [0.3, 0.4) is 0 Å². The molecule has 1 aromatic heterocycles. The number of anilines is 2. The number of hydrogen-bond acceptors (Lipinski definition) is 4. The molecule has 0 spiro atoms. The van der Waals surface area contributed by atoms with Crippen LogP contribution in [0.15, 0.2) is 48.5 Å². The molecule has 4 rings (SSSR count). The number of amides is 2. The molecule has 1 aliphatic rings. The van der Waals surface area contributed by atoms with E-state index in [1.807, 2.05) is 0 Å². The second kappa shape index (κ2) is 10.7. The van der Waals surface area contributed by atoms with E-state index in [1.165, 1.54) is 19.1 Å². The fraction of sp³-hybridized carbons (Fsp3) is 0.346. The summed E-state index contributed by atoms with van der Waals surface area (Å²) >= 11 is 6.07. The van der Waals surface area contributed by atoms with Crippen molar-refractivity contribution in [1.82, 2.24) is 10.3 Å². The van der Waals surface area contributed by atoms with Crippen molar-refractivity contribution in [3.8, 4) is 0 Å². The van der Waals surface area contributed by atoms with Gasteiger partial charge >= 0.3 is 6.18 Å². The van der Waals surface area contributed by atoms with Crippen LogP contribution in [0.5, 0.6) is 0 Å². The van der Waals surface area contributed by atoms with Crippen LogP contribution in [0.1, 0.15) is 48.7 Å². The molecule has 0 radical (unpaired) electrons. The lowest BCUT2D eigenvalue weighted by Crippen LogP contribution is -2.38. The summed E-state index contributed by atoms with van der Waals surface area (Å²) in [5.74, 6) is -0.267. The zero-order valence-electron chi connectivity index (χ0n) is 19.6. The minimum atomic E-state index is -4.56. The van der Waals surface area contributed by atoms with Crippen molar-refractivity contribution in [2.75, 3.05) is 17.2 Å². The number of hydrogen-bond donors (Lipinski definition) is 3. The molecule has 190 valence electrons. The molecular weight excluding hydrogens is 493 g/mol. The van der Waals surface area contributed by atoms with E-state index in [9.17, 15) is 22.8 Å². The number of carbonyl (C=O) groups excluding carboxylic acids is 2. The largest absolute Gasteiger partial charge is 0.433 e. The number of pyridine rings is 1. The van der Waals surface area contributed by atoms with Crippen LogP contribution in [0, 0.1) is 5.92 Å². The number of alkyl halides is 3. The van der Waals surface area contributed by atoms with Gasteiger partial charge in [-0.3, -0.25) is 9.59 Å². The molecule has 0 unspecified atom stereocenters. The molecule has 10 heteroatoms. The molecule has 36 heavy (non-hydrogen) atoms. The topological polar surface area (TPSA) is 83.1 Å². The number of aromatic nitrogens is 1. The molecule has 0 atom stereocenters. The predicted octanol–water partition coefficient (Wildman–Crippen LogP) is 6.27. The summed E-state index contributed by atoms with van der Waals surface area (Å²) in [5, 5.41) is 9.84. The highest BCUT2D eigenvalue weighted by Crippen LogP contribution is 2.35. The Bertz CT molecular complexity index is 1270. The molecule has 6 nitrogen and oxygen atoms in total. The maximum atomic E-state index is 13.4. The van der Waals surface area contributed by atoms with Crippen LogP contribution in [-0.4, -0.2) is 29.4 Å². The van der Waals surface area contributed by atoms with Crippen molar-refractivity contribution in [2.24, 2.45) is 5.92 Å². The standard InChI is InChI=1S/C26H26ClF3N4O2/c1-15(35)32-21-5-3-2-4-19(21)25(36)33-18-9-6-16(7-10-18)14-31-23-13-24(26(28,29)30)34-22-11-8-17(27)12-20(22)23/h2-5,8,11-13,16,18H,6-7,9-10,14H2,1H3,(H,31,34)(H,32,35)(H,33,36). The van der Waals surface area contributed by atoms with E-state index in [1.54, 1.807) is 30.3 Å². The van der Waals surface area contributed by atoms with Gasteiger partial charge in [0.15, 0.2) is 0 Å². The third-order valence-electron chi connectivity index (χ3n) is 6.31. The predicted molar refractivity (Wildman–Crippen MR) is 134 cm³/mol. The summed E-state index contributed by atoms with van der Waals surface area (Å²) in [6, 6.07) is 12.4. The Balaban J connectivity index is 1.37. The monoisotopic (exact) mass is 518 g/mol. The Morgan fingerprint density at radius 1 is 1.03 bits per heavy atom. The van der Waals surface area contributed by atoms with Crippen LogP contribution < -0.4 is 16.0 Å². The second-order valence-electron chi connectivity index (χ2n) is 9.01. The van der Waals surface area contributed by atoms with E-state index < -0.39 is 11.9 Å². The number of nitrogens with zero attached hydrogens (tertiary/aromatic N) is 1. The number of benzene rings is 2. The Hall–Kier alpha value is -3.33. The first kappa shape index (κ1) is 25.8. The lowest BCUT2D eigenvalue weighted by Gasteiger charge is -2.30. The third-order valence-corrected chi connectivity index (χ3v) is 6.54. The van der Waals surface area contributed by atoms with Crippen molar-refractivity contribution in [3.63, 3.8) is 0 Å². The first-order chi connectivity index (χ1) is 17.1. The molecule has 1 aliphatic carbocycles. The van der Waals surface area contributed by atoms with Gasteiger partial charge in [0.1, 0.15) is 5.69 Å². The first-order valence-corrected chi connectivity index (χ1v) is 12.1. The highest BCUT2D eigenvalue weighted by molar-refractivity contribution is 6.31. The zero-order chi connectivity index (χ0) is 25.9. The number of halogens is 4. The first-order valence-electron chi connectivity index (χ1n) is 11.7. The Labute approximate surface area is 211 Å². The average Bonchev–Trinajstić information content (AvgIpc) is 2.82. The summed E-state index contributed by atoms with van der Waals surface area (Å²) in [5.41, 5.74) is 0.483. The summed E-state index contributed by atoms with van der Waals surface area (Å²) in [7, 11) is 0. The van der Waals surface area contributed by atoms with Crippen molar-refractivity contribution in [2.45, 2.75) is 44.8 Å². The number of fused-ring (bicyclic) bond motifs is 1. The van der Waals surface area contributed by atoms with Gasteiger partial charge in [0.05, 0.1) is 16.8 Å². The highest BCUT2D eigenvalue weighted by atomic mass is 35.5. The normalized spacial score (nSPS) is 18.0. The smallest absolute Gasteiger partial charge is 0.384 e. The van der Waals surface area contributed by atoms with Crippen molar-refractivity contribution in [3.05, 3.63) is 64.8 Å². The van der Waals surface area contributed by atoms with Gasteiger partial charge in [-0.25, -0.2) is 4.98 Å². The summed E-state index contributed by atoms with van der Waals surface area (Å²) in [4.78, 5) is 27.9. The van der Waals surface area contributed by atoms with Crippen LogP contribution in [0.4, 0.5) is 24.5 Å². The molecule has 1 saturated carbocycles. The molecule has 1 heterocycles. The minimum absolute atomic E-state index is 0.0171. The lowest BCUT2D eigenvalue weighted by atomic mass is 9.85. The number of nitrogens with one attached hydrogen (secondary N) is 3. The Morgan fingerprint density at radius 2 is 1.75 bits per heavy atom. The van der Waals surface area contributed by atoms with Crippen LogP contribution >= 0.6 is 11.6 Å². The maximum absolute atomic E-state index is 13.4. The van der Waals surface area contributed by atoms with Crippen molar-refractivity contribution < 1.29 is 22.8 Å². The van der Waals surface area contributed by atoms with Gasteiger partial charge < -0.3 is 16.0 Å². The highest BCUT2D eigenvalue weighted by Gasteiger charge is 2.33. The maximum Gasteiger partial charge on any atom is 0.433 e. The quantitative estimate of drug-likeness (QED) is 0.359. The molecule has 2 aromatic carbocycles. The summed E-state index contributed by atoms with van der Waals surface area (Å²) in [6.07, 6.45) is -1.45. The van der Waals surface area contributed by atoms with Gasteiger partial charge in [-0.15, -0.1) is 0 Å². The fourth-order valence-electron chi connectivity index (χ4n) is 4.50. The number of rotatable bonds is 6. The van der Waals surface area contributed by atoms with Gasteiger partial charge in [-0.05, 0) is 68.0 Å². The van der Waals surface area contributed by atoms with E-state index >= 15 is 0 Å². The number of carbonyl (C=O) groups is 2. The van der Waals surface area contributed by atoms with Crippen LogP contribution in [-0.2, 0) is 11.0 Å². The second-order valence-corrected chi connectivity index (χ2v) is 9.45. The molecule has 3 N–H and O–H groups in total. The van der Waals surface area contributed by atoms with Crippen molar-refractivity contribution in [1.29, 1.82) is 0 Å². The van der Waals surface area contributed by atoms with Gasteiger partial charge in [0.25, 0.3) is 5.91 Å². The summed E-state index contributed by atoms with van der Waals surface area (Å²) < 4.78 is 40.1. The SMILES string of the molecule is CC(=O)Nc1ccccc1C(=O)NC1CCC(CNc2cc(C(F)(F)F)nc3ccc(Cl)cc23)CC1. The average molecular weight is 519 g/mol. The van der Waals surface area contributed by atoms with Crippen LogP contribution in [0.25, 0.3) is 10.9 Å². The molecule has 0 bridgehead atoms. The van der Waals surface area contributed by atoms with Gasteiger partial charge in [0.2, 0.25) is 5.91 Å². The number of para-hydroxylation sites is 1. The molecule has 3 aromatic rings. The summed E-state index contributed by atoms with van der Waals surface area (Å²) in [6.45, 7) is 1.88. The van der Waals surface area contributed by atoms with E-state index in [0.717, 1.165) is 31.7 Å².